The van der Waals surface area contributed by atoms with E-state index in [0.717, 1.165) is 40.1 Å². The van der Waals surface area contributed by atoms with Crippen LogP contribution in [0.3, 0.4) is 0 Å². The van der Waals surface area contributed by atoms with E-state index >= 15 is 0 Å². The number of halogens is 2. The lowest BCUT2D eigenvalue weighted by atomic mass is 9.87. The molecule has 2 heterocycles. The molecule has 0 saturated carbocycles. The first-order valence-corrected chi connectivity index (χ1v) is 9.82. The normalized spacial score (nSPS) is 16.1. The number of hydrogen-bond donors (Lipinski definition) is 3. The summed E-state index contributed by atoms with van der Waals surface area (Å²) in [5, 5.41) is 8.29. The highest BCUT2D eigenvalue weighted by molar-refractivity contribution is 6.31. The zero-order valence-corrected chi connectivity index (χ0v) is 17.3. The zero-order chi connectivity index (χ0) is 18.8. The molecule has 0 bridgehead atoms. The number of carbonyl (C=O) groups is 1. The van der Waals surface area contributed by atoms with Crippen LogP contribution in [-0.4, -0.2) is 30.5 Å². The minimum Gasteiger partial charge on any atom is -0.361 e. The van der Waals surface area contributed by atoms with Gasteiger partial charge in [-0.3, -0.25) is 4.79 Å². The monoisotopic (exact) mass is 417 g/mol. The summed E-state index contributed by atoms with van der Waals surface area (Å²) in [5.74, 6) is 0.543. The highest BCUT2D eigenvalue weighted by Gasteiger charge is 2.29. The molecule has 1 aromatic heterocycles. The van der Waals surface area contributed by atoms with Crippen molar-refractivity contribution in [3.8, 4) is 0 Å². The number of benzene rings is 2. The summed E-state index contributed by atoms with van der Waals surface area (Å²) < 4.78 is 0. The number of aromatic amines is 1. The second-order valence-electron chi connectivity index (χ2n) is 7.32. The fourth-order valence-corrected chi connectivity index (χ4v) is 4.04. The quantitative estimate of drug-likeness (QED) is 0.558. The van der Waals surface area contributed by atoms with Crippen LogP contribution in [0.4, 0.5) is 0 Å². The molecule has 0 spiro atoms. The Kier molecular flexibility index (Phi) is 6.65. The molecule has 2 aromatic carbocycles. The molecule has 0 aliphatic carbocycles. The topological polar surface area (TPSA) is 56.9 Å². The Morgan fingerprint density at radius 1 is 1.14 bits per heavy atom. The van der Waals surface area contributed by atoms with E-state index in [0.29, 0.717) is 12.5 Å². The van der Waals surface area contributed by atoms with E-state index in [-0.39, 0.29) is 30.2 Å². The molecule has 6 heteroatoms. The minimum atomic E-state index is -0.00878. The lowest BCUT2D eigenvalue weighted by molar-refractivity contribution is -0.126. The number of rotatable bonds is 6. The van der Waals surface area contributed by atoms with E-state index in [1.54, 1.807) is 0 Å². The van der Waals surface area contributed by atoms with E-state index in [9.17, 15) is 4.79 Å². The van der Waals surface area contributed by atoms with Crippen LogP contribution in [0.5, 0.6) is 0 Å². The average Bonchev–Trinajstić information content (AvgIpc) is 3.06. The molecule has 4 nitrogen and oxygen atoms in total. The van der Waals surface area contributed by atoms with Crippen molar-refractivity contribution in [2.75, 3.05) is 19.6 Å². The van der Waals surface area contributed by atoms with Crippen molar-refractivity contribution < 1.29 is 4.79 Å². The molecule has 1 aliphatic heterocycles. The van der Waals surface area contributed by atoms with Gasteiger partial charge in [-0.25, -0.2) is 0 Å². The third-order valence-corrected chi connectivity index (χ3v) is 6.04. The van der Waals surface area contributed by atoms with Gasteiger partial charge in [0.1, 0.15) is 0 Å². The maximum Gasteiger partial charge on any atom is 0.223 e. The molecule has 2 unspecified atom stereocenters. The van der Waals surface area contributed by atoms with Gasteiger partial charge in [0, 0.05) is 40.5 Å². The van der Waals surface area contributed by atoms with E-state index in [1.807, 2.05) is 49.5 Å². The number of nitrogens with one attached hydrogen (secondary N) is 3. The molecule has 4 rings (SSSR count). The Bertz CT molecular complexity index is 952. The second-order valence-corrected chi connectivity index (χ2v) is 7.72. The van der Waals surface area contributed by atoms with E-state index < -0.39 is 0 Å². The molecule has 28 heavy (non-hydrogen) atoms. The third-order valence-electron chi connectivity index (χ3n) is 5.69. The van der Waals surface area contributed by atoms with Crippen molar-refractivity contribution in [2.45, 2.75) is 12.8 Å². The molecule has 1 amide bonds. The van der Waals surface area contributed by atoms with Gasteiger partial charge in [-0.1, -0.05) is 54.9 Å². The lowest BCUT2D eigenvalue weighted by Crippen LogP contribution is -2.50. The molecular weight excluding hydrogens is 393 g/mol. The van der Waals surface area contributed by atoms with Crippen LogP contribution in [-0.2, 0) is 4.79 Å². The first-order valence-electron chi connectivity index (χ1n) is 9.44. The molecule has 148 valence electrons. The van der Waals surface area contributed by atoms with Crippen molar-refractivity contribution in [3.63, 3.8) is 0 Å². The predicted molar refractivity (Wildman–Crippen MR) is 117 cm³/mol. The largest absolute Gasteiger partial charge is 0.361 e. The summed E-state index contributed by atoms with van der Waals surface area (Å²) in [6.07, 6.45) is 2.03. The summed E-state index contributed by atoms with van der Waals surface area (Å²) in [7, 11) is 0. The van der Waals surface area contributed by atoms with Crippen molar-refractivity contribution in [1.82, 2.24) is 15.6 Å². The standard InChI is InChI=1S/C22H24ClN3O.ClH/c1-14(15-10-24-11-15)22(27)26-13-18(16-6-2-4-8-20(16)23)19-12-25-21-9-5-3-7-17(19)21;/h2-9,12,14-15,18,24-25H,10-11,13H2,1H3,(H,26,27);1H. The van der Waals surface area contributed by atoms with Crippen molar-refractivity contribution >= 4 is 40.8 Å². The predicted octanol–water partition coefficient (Wildman–Crippen LogP) is 4.35. The summed E-state index contributed by atoms with van der Waals surface area (Å²) >= 11 is 6.52. The first kappa shape index (κ1) is 20.7. The highest BCUT2D eigenvalue weighted by atomic mass is 35.5. The van der Waals surface area contributed by atoms with E-state index in [4.69, 9.17) is 11.6 Å². The Hall–Kier alpha value is -2.01. The number of fused-ring (bicyclic) bond motifs is 1. The van der Waals surface area contributed by atoms with Crippen LogP contribution in [0.1, 0.15) is 24.0 Å². The van der Waals surface area contributed by atoms with Gasteiger partial charge >= 0.3 is 0 Å². The summed E-state index contributed by atoms with van der Waals surface area (Å²) in [5.41, 5.74) is 3.27. The number of amides is 1. The van der Waals surface area contributed by atoms with Crippen LogP contribution in [0.25, 0.3) is 10.9 Å². The Labute approximate surface area is 176 Å². The van der Waals surface area contributed by atoms with Crippen LogP contribution >= 0.6 is 24.0 Å². The first-order chi connectivity index (χ1) is 13.1. The summed E-state index contributed by atoms with van der Waals surface area (Å²) in [4.78, 5) is 16.0. The molecular formula is C22H25Cl2N3O. The molecule has 3 N–H and O–H groups in total. The van der Waals surface area contributed by atoms with Crippen molar-refractivity contribution in [1.29, 1.82) is 0 Å². The molecule has 1 saturated heterocycles. The van der Waals surface area contributed by atoms with Crippen LogP contribution in [0.2, 0.25) is 5.02 Å². The summed E-state index contributed by atoms with van der Waals surface area (Å²) in [6, 6.07) is 16.1. The SMILES string of the molecule is CC(C(=O)NCC(c1ccccc1Cl)c1c[nH]c2ccccc12)C1CNC1.Cl. The van der Waals surface area contributed by atoms with Gasteiger partial charge in [-0.05, 0) is 42.3 Å². The van der Waals surface area contributed by atoms with Gasteiger partial charge in [0.15, 0.2) is 0 Å². The second kappa shape index (κ2) is 8.99. The molecule has 1 fully saturated rings. The maximum absolute atomic E-state index is 12.7. The average molecular weight is 418 g/mol. The van der Waals surface area contributed by atoms with Gasteiger partial charge in [0.2, 0.25) is 5.91 Å². The van der Waals surface area contributed by atoms with E-state index in [1.165, 1.54) is 0 Å². The van der Waals surface area contributed by atoms with Gasteiger partial charge in [-0.15, -0.1) is 12.4 Å². The zero-order valence-electron chi connectivity index (χ0n) is 15.7. The smallest absolute Gasteiger partial charge is 0.223 e. The van der Waals surface area contributed by atoms with Crippen LogP contribution in [0.15, 0.2) is 54.7 Å². The molecule has 2 atom stereocenters. The van der Waals surface area contributed by atoms with Gasteiger partial charge in [-0.2, -0.15) is 0 Å². The number of para-hydroxylation sites is 1. The fraction of sp³-hybridized carbons (Fsp3) is 0.318. The molecule has 3 aromatic rings. The van der Waals surface area contributed by atoms with E-state index in [2.05, 4.69) is 27.8 Å². The van der Waals surface area contributed by atoms with Gasteiger partial charge in [0.05, 0.1) is 0 Å². The maximum atomic E-state index is 12.7. The number of aromatic nitrogens is 1. The Morgan fingerprint density at radius 2 is 1.86 bits per heavy atom. The molecule has 1 aliphatic rings. The third kappa shape index (κ3) is 4.04. The Morgan fingerprint density at radius 3 is 2.57 bits per heavy atom. The lowest BCUT2D eigenvalue weighted by Gasteiger charge is -2.32. The minimum absolute atomic E-state index is 0. The fourth-order valence-electron chi connectivity index (χ4n) is 3.77. The number of H-pyrrole nitrogens is 1. The van der Waals surface area contributed by atoms with Crippen molar-refractivity contribution in [3.05, 3.63) is 70.9 Å². The summed E-state index contributed by atoms with van der Waals surface area (Å²) in [6.45, 7) is 4.38. The van der Waals surface area contributed by atoms with Gasteiger partial charge in [0.25, 0.3) is 0 Å². The molecule has 0 radical (unpaired) electrons. The van der Waals surface area contributed by atoms with Gasteiger partial charge < -0.3 is 15.6 Å². The highest BCUT2D eigenvalue weighted by Crippen LogP contribution is 2.34. The Balaban J connectivity index is 0.00000225. The van der Waals surface area contributed by atoms with Crippen LogP contribution in [0, 0.1) is 11.8 Å². The van der Waals surface area contributed by atoms with Crippen LogP contribution < -0.4 is 10.6 Å². The number of carbonyl (C=O) groups excluding carboxylic acids is 1. The van der Waals surface area contributed by atoms with Crippen molar-refractivity contribution in [2.24, 2.45) is 11.8 Å². The number of hydrogen-bond acceptors (Lipinski definition) is 2.